The maximum atomic E-state index is 13.4. The Labute approximate surface area is 201 Å². The molecule has 2 aromatic carbocycles. The van der Waals surface area contributed by atoms with Crippen LogP contribution >= 0.6 is 11.8 Å². The Bertz CT molecular complexity index is 1240. The number of likely N-dealkylation sites (tertiary alicyclic amines) is 1. The van der Waals surface area contributed by atoms with Crippen molar-refractivity contribution in [1.29, 1.82) is 0 Å². The SMILES string of the molecule is C[C@@H]1CCC[N+]1(C(=O)O)C(=O)CC(CC(=O)c1coc2ccccc12)SC(=O)c1ccccc1. The molecule has 2 amide bonds. The molecule has 176 valence electrons. The molecule has 0 bridgehead atoms. The van der Waals surface area contributed by atoms with Crippen molar-refractivity contribution in [2.75, 3.05) is 6.54 Å². The van der Waals surface area contributed by atoms with Gasteiger partial charge in [0, 0.05) is 35.5 Å². The summed E-state index contributed by atoms with van der Waals surface area (Å²) in [5.41, 5.74) is 1.42. The van der Waals surface area contributed by atoms with Crippen LogP contribution in [0.5, 0.6) is 0 Å². The number of ketones is 1. The van der Waals surface area contributed by atoms with Gasteiger partial charge in [-0.2, -0.15) is 9.28 Å². The lowest BCUT2D eigenvalue weighted by molar-refractivity contribution is -0.792. The highest BCUT2D eigenvalue weighted by Gasteiger charge is 2.53. The monoisotopic (exact) mass is 480 g/mol. The third-order valence-electron chi connectivity index (χ3n) is 6.55. The summed E-state index contributed by atoms with van der Waals surface area (Å²) in [5.74, 6) is -0.729. The summed E-state index contributed by atoms with van der Waals surface area (Å²) >= 11 is 0.913. The minimum Gasteiger partial charge on any atom is -0.464 e. The first kappa shape index (κ1) is 23.9. The average molecular weight is 481 g/mol. The zero-order valence-corrected chi connectivity index (χ0v) is 19.6. The van der Waals surface area contributed by atoms with E-state index in [4.69, 9.17) is 4.42 Å². The summed E-state index contributed by atoms with van der Waals surface area (Å²) in [6.07, 6.45) is 1.20. The van der Waals surface area contributed by atoms with E-state index in [1.165, 1.54) is 6.26 Å². The molecule has 0 spiro atoms. The van der Waals surface area contributed by atoms with E-state index in [1.54, 1.807) is 55.5 Å². The van der Waals surface area contributed by atoms with Crippen LogP contribution in [0.4, 0.5) is 4.79 Å². The number of imide groups is 1. The maximum absolute atomic E-state index is 13.4. The predicted octanol–water partition coefficient (Wildman–Crippen LogP) is 5.54. The van der Waals surface area contributed by atoms with E-state index in [2.05, 4.69) is 0 Å². The van der Waals surface area contributed by atoms with Crippen molar-refractivity contribution in [2.45, 2.75) is 43.9 Å². The van der Waals surface area contributed by atoms with Crippen LogP contribution < -0.4 is 0 Å². The molecule has 34 heavy (non-hydrogen) atoms. The number of rotatable bonds is 7. The number of quaternary nitrogens is 1. The second-order valence-electron chi connectivity index (χ2n) is 8.63. The summed E-state index contributed by atoms with van der Waals surface area (Å²) < 4.78 is 4.83. The Morgan fingerprint density at radius 1 is 1.06 bits per heavy atom. The molecule has 1 saturated heterocycles. The Morgan fingerprint density at radius 2 is 1.76 bits per heavy atom. The number of carbonyl (C=O) groups is 4. The lowest BCUT2D eigenvalue weighted by Gasteiger charge is -2.30. The number of Topliss-reactive ketones (excluding diaryl/α,β-unsaturated/α-hetero) is 1. The van der Waals surface area contributed by atoms with Gasteiger partial charge in [-0.05, 0) is 13.0 Å². The molecule has 4 rings (SSSR count). The number of furan rings is 1. The largest absolute Gasteiger partial charge is 0.521 e. The second-order valence-corrected chi connectivity index (χ2v) is 9.90. The molecule has 1 N–H and O–H groups in total. The number of thioether (sulfide) groups is 1. The fraction of sp³-hybridized carbons (Fsp3) is 0.308. The van der Waals surface area contributed by atoms with E-state index >= 15 is 0 Å². The van der Waals surface area contributed by atoms with E-state index in [0.717, 1.165) is 11.8 Å². The highest BCUT2D eigenvalue weighted by molar-refractivity contribution is 8.14. The van der Waals surface area contributed by atoms with Crippen LogP contribution in [0.2, 0.25) is 0 Å². The predicted molar refractivity (Wildman–Crippen MR) is 129 cm³/mol. The number of nitrogens with zero attached hydrogens (tertiary/aromatic N) is 1. The van der Waals surface area contributed by atoms with Crippen LogP contribution in [-0.4, -0.2) is 50.3 Å². The Kier molecular flexibility index (Phi) is 7.00. The highest BCUT2D eigenvalue weighted by atomic mass is 32.2. The zero-order chi connectivity index (χ0) is 24.3. The molecule has 7 nitrogen and oxygen atoms in total. The molecule has 0 aliphatic carbocycles. The van der Waals surface area contributed by atoms with Gasteiger partial charge in [0.1, 0.15) is 17.9 Å². The molecule has 2 heterocycles. The van der Waals surface area contributed by atoms with Gasteiger partial charge in [-0.3, -0.25) is 9.59 Å². The zero-order valence-electron chi connectivity index (χ0n) is 18.8. The third-order valence-corrected chi connectivity index (χ3v) is 7.67. The first-order chi connectivity index (χ1) is 16.3. The molecule has 2 unspecified atom stereocenters. The van der Waals surface area contributed by atoms with Crippen LogP contribution in [0.1, 0.15) is 53.3 Å². The minimum atomic E-state index is -1.18. The highest BCUT2D eigenvalue weighted by Crippen LogP contribution is 2.33. The number of para-hydroxylation sites is 1. The maximum Gasteiger partial charge on any atom is 0.521 e. The number of fused-ring (bicyclic) bond motifs is 1. The molecular weight excluding hydrogens is 454 g/mol. The van der Waals surface area contributed by atoms with Gasteiger partial charge in [0.25, 0.3) is 0 Å². The van der Waals surface area contributed by atoms with Gasteiger partial charge < -0.3 is 9.52 Å². The standard InChI is InChI=1S/C26H25NO6S/c1-17-8-7-13-27(17,26(31)32)24(29)15-19(34-25(30)18-9-3-2-4-10-18)14-22(28)21-16-33-23-12-6-5-11-20(21)23/h2-6,9-12,16-17,19H,7-8,13-15H2,1H3/p+1/t17-,19?,27?/m1/s1. The third kappa shape index (κ3) is 4.56. The van der Waals surface area contributed by atoms with Gasteiger partial charge in [-0.25, -0.2) is 4.79 Å². The van der Waals surface area contributed by atoms with Gasteiger partial charge >= 0.3 is 12.0 Å². The quantitative estimate of drug-likeness (QED) is 0.350. The molecule has 1 fully saturated rings. The lowest BCUT2D eigenvalue weighted by Crippen LogP contribution is -2.59. The van der Waals surface area contributed by atoms with E-state index in [1.807, 2.05) is 6.07 Å². The number of hydrogen-bond donors (Lipinski definition) is 1. The van der Waals surface area contributed by atoms with Crippen molar-refractivity contribution >= 4 is 45.6 Å². The van der Waals surface area contributed by atoms with Gasteiger partial charge in [-0.1, -0.05) is 60.3 Å². The van der Waals surface area contributed by atoms with Crippen LogP contribution in [0.25, 0.3) is 11.0 Å². The molecule has 3 aromatic rings. The number of benzene rings is 2. The summed E-state index contributed by atoms with van der Waals surface area (Å²) in [4.78, 5) is 51.6. The van der Waals surface area contributed by atoms with Crippen molar-refractivity contribution in [3.8, 4) is 0 Å². The summed E-state index contributed by atoms with van der Waals surface area (Å²) in [5, 5.41) is 9.62. The number of hydrogen-bond acceptors (Lipinski definition) is 6. The smallest absolute Gasteiger partial charge is 0.464 e. The van der Waals surface area contributed by atoms with Crippen molar-refractivity contribution < 1.29 is 33.2 Å². The molecule has 8 heteroatoms. The summed E-state index contributed by atoms with van der Waals surface area (Å²) in [7, 11) is 0. The van der Waals surface area contributed by atoms with Gasteiger partial charge in [0.15, 0.2) is 5.78 Å². The van der Waals surface area contributed by atoms with Gasteiger partial charge in [-0.15, -0.1) is 0 Å². The molecule has 1 aromatic heterocycles. The molecule has 1 aliphatic heterocycles. The number of carboxylic acid groups (broad SMARTS) is 1. The minimum absolute atomic E-state index is 0.0908. The molecule has 0 radical (unpaired) electrons. The van der Waals surface area contributed by atoms with Crippen molar-refractivity contribution in [3.05, 3.63) is 72.0 Å². The van der Waals surface area contributed by atoms with Gasteiger partial charge in [0.05, 0.1) is 18.5 Å². The fourth-order valence-corrected chi connectivity index (χ4v) is 5.69. The molecule has 3 atom stereocenters. The molecule has 0 saturated carbocycles. The van der Waals surface area contributed by atoms with Crippen LogP contribution in [-0.2, 0) is 4.79 Å². The Balaban J connectivity index is 1.60. The van der Waals surface area contributed by atoms with E-state index in [-0.39, 0.29) is 36.3 Å². The second kappa shape index (κ2) is 9.95. The number of amides is 2. The molecule has 1 aliphatic rings. The van der Waals surface area contributed by atoms with E-state index < -0.39 is 21.7 Å². The summed E-state index contributed by atoms with van der Waals surface area (Å²) in [6.45, 7) is 1.98. The van der Waals surface area contributed by atoms with Crippen LogP contribution in [0.3, 0.4) is 0 Å². The average Bonchev–Trinajstić information content (AvgIpc) is 3.43. The van der Waals surface area contributed by atoms with Crippen molar-refractivity contribution in [3.63, 3.8) is 0 Å². The molecular formula is C26H26NO6S+. The van der Waals surface area contributed by atoms with Gasteiger partial charge in [0.2, 0.25) is 5.12 Å². The van der Waals surface area contributed by atoms with Crippen molar-refractivity contribution in [1.82, 2.24) is 0 Å². The van der Waals surface area contributed by atoms with Crippen LogP contribution in [0, 0.1) is 0 Å². The fourth-order valence-electron chi connectivity index (χ4n) is 4.66. The van der Waals surface area contributed by atoms with Crippen molar-refractivity contribution in [2.24, 2.45) is 0 Å². The van der Waals surface area contributed by atoms with E-state index in [0.29, 0.717) is 34.9 Å². The normalized spacial score (nSPS) is 20.8. The Morgan fingerprint density at radius 3 is 2.44 bits per heavy atom. The first-order valence-corrected chi connectivity index (χ1v) is 12.1. The van der Waals surface area contributed by atoms with E-state index in [9.17, 15) is 24.3 Å². The topological polar surface area (TPSA) is 102 Å². The Hall–Kier alpha value is -3.23. The first-order valence-electron chi connectivity index (χ1n) is 11.2. The summed E-state index contributed by atoms with van der Waals surface area (Å²) in [6, 6.07) is 15.4. The number of carbonyl (C=O) groups excluding carboxylic acids is 3. The lowest BCUT2D eigenvalue weighted by atomic mass is 10.0. The van der Waals surface area contributed by atoms with Crippen LogP contribution in [0.15, 0.2) is 65.3 Å².